The Morgan fingerprint density at radius 2 is 1.65 bits per heavy atom. The third-order valence-electron chi connectivity index (χ3n) is 9.13. The number of imide groups is 2. The number of alkyl halides is 2. The molecule has 2 aromatic carbocycles. The maximum absolute atomic E-state index is 14.0. The van der Waals surface area contributed by atoms with Gasteiger partial charge in [0.2, 0.25) is 11.8 Å². The van der Waals surface area contributed by atoms with Gasteiger partial charge in [-0.25, -0.2) is 0 Å². The van der Waals surface area contributed by atoms with Gasteiger partial charge in [-0.2, -0.15) is 0 Å². The molecule has 1 N–H and O–H groups in total. The van der Waals surface area contributed by atoms with Crippen molar-refractivity contribution >= 4 is 58.3 Å². The van der Waals surface area contributed by atoms with E-state index >= 15 is 0 Å². The second-order valence-corrected chi connectivity index (χ2v) is 12.4. The number of amides is 4. The number of anilines is 1. The van der Waals surface area contributed by atoms with Crippen LogP contribution in [0.15, 0.2) is 54.1 Å². The number of hydrogen-bond donors (Lipinski definition) is 1. The quantitative estimate of drug-likeness (QED) is 0.253. The third kappa shape index (κ3) is 3.23. The molecule has 0 aromatic heterocycles. The Kier molecular flexibility index (Phi) is 5.85. The van der Waals surface area contributed by atoms with Crippen LogP contribution in [-0.4, -0.2) is 56.2 Å². The molecular weight excluding hydrogens is 555 g/mol. The molecule has 6 rings (SSSR count). The lowest BCUT2D eigenvalue weighted by molar-refractivity contribution is -0.138. The molecule has 2 heterocycles. The van der Waals surface area contributed by atoms with Crippen molar-refractivity contribution in [3.63, 3.8) is 0 Å². The Morgan fingerprint density at radius 1 is 0.975 bits per heavy atom. The second-order valence-electron chi connectivity index (χ2n) is 11.1. The molecule has 2 aliphatic carbocycles. The molecule has 8 nitrogen and oxygen atoms in total. The first kappa shape index (κ1) is 26.7. The fourth-order valence-corrected chi connectivity index (χ4v) is 8.12. The molecule has 0 bridgehead atoms. The number of rotatable bonds is 3. The predicted octanol–water partition coefficient (Wildman–Crippen LogP) is 4.10. The molecule has 40 heavy (non-hydrogen) atoms. The van der Waals surface area contributed by atoms with Crippen LogP contribution in [0.1, 0.15) is 47.2 Å². The monoisotopic (exact) mass is 580 g/mol. The average molecular weight is 581 g/mol. The molecule has 6 atom stereocenters. The predicted molar refractivity (Wildman–Crippen MR) is 147 cm³/mol. The van der Waals surface area contributed by atoms with E-state index in [1.807, 2.05) is 6.08 Å². The maximum atomic E-state index is 14.0. The van der Waals surface area contributed by atoms with E-state index in [2.05, 4.69) is 0 Å². The number of nitrogens with zero attached hydrogens (tertiary/aromatic N) is 2. The van der Waals surface area contributed by atoms with E-state index in [4.69, 9.17) is 23.2 Å². The lowest BCUT2D eigenvalue weighted by atomic mass is 9.56. The molecule has 2 aromatic rings. The number of Topliss-reactive ketones (excluding diaryl/α,β-unsaturated/α-hetero) is 1. The Balaban J connectivity index is 1.50. The molecule has 6 unspecified atom stereocenters. The smallest absolute Gasteiger partial charge is 0.253 e. The fourth-order valence-electron chi connectivity index (χ4n) is 7.10. The summed E-state index contributed by atoms with van der Waals surface area (Å²) < 4.78 is 0. The van der Waals surface area contributed by atoms with Crippen LogP contribution in [-0.2, 0) is 19.2 Å². The number of carbonyl (C=O) groups excluding carboxylic acids is 5. The lowest BCUT2D eigenvalue weighted by Crippen LogP contribution is -2.60. The van der Waals surface area contributed by atoms with E-state index in [1.165, 1.54) is 14.0 Å². The van der Waals surface area contributed by atoms with Crippen molar-refractivity contribution < 1.29 is 29.1 Å². The van der Waals surface area contributed by atoms with Gasteiger partial charge in [-0.05, 0) is 62.4 Å². The zero-order valence-electron chi connectivity index (χ0n) is 22.0. The molecule has 4 amide bonds. The number of phenolic OH excluding ortho intramolecular Hbond substituents is 1. The summed E-state index contributed by atoms with van der Waals surface area (Å²) in [6, 6.07) is 11.3. The van der Waals surface area contributed by atoms with Crippen LogP contribution >= 0.6 is 23.2 Å². The van der Waals surface area contributed by atoms with Crippen LogP contribution in [0.5, 0.6) is 5.75 Å². The van der Waals surface area contributed by atoms with Crippen molar-refractivity contribution in [2.75, 3.05) is 11.9 Å². The first-order valence-corrected chi connectivity index (χ1v) is 13.8. The number of phenols is 1. The number of hydrogen-bond acceptors (Lipinski definition) is 6. The molecule has 4 aliphatic rings. The zero-order valence-corrected chi connectivity index (χ0v) is 23.5. The minimum atomic E-state index is -1.95. The van der Waals surface area contributed by atoms with Gasteiger partial charge in [0.05, 0.1) is 17.5 Å². The Labute approximate surface area is 240 Å². The largest absolute Gasteiger partial charge is 0.507 e. The van der Waals surface area contributed by atoms with Gasteiger partial charge in [0, 0.05) is 24.1 Å². The Morgan fingerprint density at radius 3 is 2.30 bits per heavy atom. The number of halogens is 2. The molecule has 2 saturated heterocycles. The summed E-state index contributed by atoms with van der Waals surface area (Å²) in [5.74, 6) is -5.65. The molecule has 10 heteroatoms. The van der Waals surface area contributed by atoms with Gasteiger partial charge in [-0.3, -0.25) is 33.8 Å². The summed E-state index contributed by atoms with van der Waals surface area (Å²) in [6.07, 6.45) is 1.91. The molecule has 0 spiro atoms. The number of fused-ring (bicyclic) bond motifs is 4. The van der Waals surface area contributed by atoms with E-state index in [1.54, 1.807) is 49.4 Å². The van der Waals surface area contributed by atoms with Gasteiger partial charge in [-0.1, -0.05) is 29.8 Å². The van der Waals surface area contributed by atoms with Crippen molar-refractivity contribution in [1.29, 1.82) is 0 Å². The number of likely N-dealkylation sites (tertiary alicyclic amines) is 1. The summed E-state index contributed by atoms with van der Waals surface area (Å²) in [4.78, 5) is 64.7. The van der Waals surface area contributed by atoms with Gasteiger partial charge in [0.15, 0.2) is 15.5 Å². The highest BCUT2D eigenvalue weighted by molar-refractivity contribution is 6.53. The van der Waals surface area contributed by atoms with Gasteiger partial charge in [0.1, 0.15) is 5.75 Å². The molecular formula is C30H26Cl2N2O6. The third-order valence-corrected chi connectivity index (χ3v) is 10.5. The van der Waals surface area contributed by atoms with E-state index in [9.17, 15) is 29.1 Å². The maximum Gasteiger partial charge on any atom is 0.253 e. The van der Waals surface area contributed by atoms with Crippen LogP contribution in [0, 0.1) is 24.7 Å². The standard InChI is InChI=1S/C30H26Cl2N2O6/c1-14-5-4-6-20(24(14)36)23-18-11-12-19-22(21(18)13-29(31)27(39)33(3)28(40)30(23,29)32)26(38)34(25(19)37)17-9-7-16(8-10-17)15(2)35/h4-11,19,21-23,36H,12-13H2,1-3H3. The lowest BCUT2D eigenvalue weighted by Gasteiger charge is -2.50. The Hall–Kier alpha value is -3.49. The highest BCUT2D eigenvalue weighted by Gasteiger charge is 2.76. The number of allylic oxidation sites excluding steroid dienone is 2. The summed E-state index contributed by atoms with van der Waals surface area (Å²) >= 11 is 14.3. The van der Waals surface area contributed by atoms with E-state index in [0.29, 0.717) is 28.0 Å². The van der Waals surface area contributed by atoms with Crippen LogP contribution in [0.3, 0.4) is 0 Å². The van der Waals surface area contributed by atoms with E-state index in [-0.39, 0.29) is 30.3 Å². The fraction of sp³-hybridized carbons (Fsp3) is 0.367. The van der Waals surface area contributed by atoms with Gasteiger partial charge in [0.25, 0.3) is 11.8 Å². The van der Waals surface area contributed by atoms with Crippen LogP contribution in [0.25, 0.3) is 0 Å². The normalized spacial score (nSPS) is 33.1. The number of benzene rings is 2. The summed E-state index contributed by atoms with van der Waals surface area (Å²) in [5, 5.41) is 11.1. The minimum absolute atomic E-state index is 0.0778. The molecule has 0 radical (unpaired) electrons. The second kappa shape index (κ2) is 8.75. The van der Waals surface area contributed by atoms with E-state index < -0.39 is 51.1 Å². The zero-order chi connectivity index (χ0) is 28.9. The van der Waals surface area contributed by atoms with E-state index in [0.717, 1.165) is 9.80 Å². The molecule has 1 saturated carbocycles. The number of aryl methyl sites for hydroxylation is 1. The van der Waals surface area contributed by atoms with Crippen molar-refractivity contribution in [1.82, 2.24) is 4.90 Å². The SMILES string of the molecule is CC(=O)c1ccc(N2C(=O)C3CC=C4C(CC5(Cl)C(=O)N(C)C(=O)C5(Cl)C4c4cccc(C)c4O)C3C2=O)cc1. The summed E-state index contributed by atoms with van der Waals surface area (Å²) in [7, 11) is 1.32. The highest BCUT2D eigenvalue weighted by Crippen LogP contribution is 2.66. The average Bonchev–Trinajstić information content (AvgIpc) is 3.25. The van der Waals surface area contributed by atoms with Gasteiger partial charge in [-0.15, -0.1) is 23.2 Å². The van der Waals surface area contributed by atoms with Gasteiger partial charge < -0.3 is 5.11 Å². The van der Waals surface area contributed by atoms with Gasteiger partial charge >= 0.3 is 0 Å². The van der Waals surface area contributed by atoms with Crippen molar-refractivity contribution in [3.8, 4) is 5.75 Å². The van der Waals surface area contributed by atoms with Crippen LogP contribution < -0.4 is 4.90 Å². The number of ketones is 1. The molecule has 206 valence electrons. The molecule has 2 aliphatic heterocycles. The highest BCUT2D eigenvalue weighted by atomic mass is 35.5. The van der Waals surface area contributed by atoms with Crippen LogP contribution in [0.4, 0.5) is 5.69 Å². The topological polar surface area (TPSA) is 112 Å². The van der Waals surface area contributed by atoms with Crippen molar-refractivity contribution in [3.05, 3.63) is 70.8 Å². The van der Waals surface area contributed by atoms with Crippen LogP contribution in [0.2, 0.25) is 0 Å². The number of para-hydroxylation sites is 1. The van der Waals surface area contributed by atoms with Crippen molar-refractivity contribution in [2.24, 2.45) is 17.8 Å². The first-order chi connectivity index (χ1) is 18.8. The molecule has 3 fully saturated rings. The summed E-state index contributed by atoms with van der Waals surface area (Å²) in [6.45, 7) is 3.14. The summed E-state index contributed by atoms with van der Waals surface area (Å²) in [5.41, 5.74) is 2.29. The minimum Gasteiger partial charge on any atom is -0.507 e. The van der Waals surface area contributed by atoms with Crippen molar-refractivity contribution in [2.45, 2.75) is 42.4 Å². The Bertz CT molecular complexity index is 1570. The number of aromatic hydroxyl groups is 1. The number of carbonyl (C=O) groups is 5. The first-order valence-electron chi connectivity index (χ1n) is 13.0.